The van der Waals surface area contributed by atoms with Gasteiger partial charge in [-0.1, -0.05) is 157 Å². The van der Waals surface area contributed by atoms with Crippen LogP contribution in [0.1, 0.15) is 11.1 Å². The fraction of sp³-hybridized carbons (Fsp3) is 0. The molecule has 0 atom stereocenters. The lowest BCUT2D eigenvalue weighted by molar-refractivity contribution is 1.14. The maximum Gasteiger partial charge on any atom is 0.160 e. The third kappa shape index (κ3) is 6.16. The van der Waals surface area contributed by atoms with Gasteiger partial charge < -0.3 is 0 Å². The Morgan fingerprint density at radius 1 is 0.353 bits per heavy atom. The molecule has 9 rings (SSSR count). The Balaban J connectivity index is 1.21. The number of hydrogen-bond acceptors (Lipinski definition) is 5. The second-order valence-corrected chi connectivity index (χ2v) is 13.4. The Kier molecular flexibility index (Phi) is 8.08. The molecule has 5 heteroatoms. The van der Waals surface area contributed by atoms with Gasteiger partial charge in [0, 0.05) is 44.4 Å². The lowest BCUT2D eigenvalue weighted by atomic mass is 9.94. The smallest absolute Gasteiger partial charge is 0.160 e. The molecule has 240 valence electrons. The molecule has 0 radical (unpaired) electrons. The van der Waals surface area contributed by atoms with Crippen LogP contribution in [0.5, 0.6) is 0 Å². The number of aromatic nitrogens is 4. The molecule has 2 aromatic heterocycles. The van der Waals surface area contributed by atoms with Gasteiger partial charge in [0.05, 0.1) is 11.4 Å². The van der Waals surface area contributed by atoms with Gasteiger partial charge in [-0.05, 0) is 57.6 Å². The highest BCUT2D eigenvalue weighted by Gasteiger charge is 2.18. The van der Waals surface area contributed by atoms with Crippen LogP contribution in [0, 0.1) is 0 Å². The second-order valence-electron chi connectivity index (χ2n) is 12.3. The van der Waals surface area contributed by atoms with Crippen LogP contribution in [0.3, 0.4) is 0 Å². The molecule has 51 heavy (non-hydrogen) atoms. The number of rotatable bonds is 4. The predicted molar refractivity (Wildman–Crippen MR) is 210 cm³/mol. The molecule has 0 fully saturated rings. The quantitative estimate of drug-likeness (QED) is 0.186. The minimum Gasteiger partial charge on any atom is -0.236 e. The summed E-state index contributed by atoms with van der Waals surface area (Å²) in [6.45, 7) is 0. The van der Waals surface area contributed by atoms with E-state index in [1.165, 1.54) is 32.0 Å². The molecule has 0 N–H and O–H groups in total. The van der Waals surface area contributed by atoms with E-state index in [9.17, 15) is 0 Å². The van der Waals surface area contributed by atoms with E-state index in [0.29, 0.717) is 11.6 Å². The van der Waals surface area contributed by atoms with E-state index in [4.69, 9.17) is 19.9 Å². The zero-order valence-corrected chi connectivity index (χ0v) is 28.3. The monoisotopic (exact) mass is 670 g/mol. The lowest BCUT2D eigenvalue weighted by Gasteiger charge is -2.15. The van der Waals surface area contributed by atoms with Crippen LogP contribution in [-0.2, 0) is 0 Å². The predicted octanol–water partition coefficient (Wildman–Crippen LogP) is 11.9. The van der Waals surface area contributed by atoms with E-state index >= 15 is 0 Å². The molecule has 4 nitrogen and oxygen atoms in total. The van der Waals surface area contributed by atoms with Crippen LogP contribution in [-0.4, -0.2) is 19.9 Å². The Morgan fingerprint density at radius 3 is 1.53 bits per heavy atom. The van der Waals surface area contributed by atoms with Crippen LogP contribution in [0.2, 0.25) is 0 Å². The molecule has 0 bridgehead atoms. The minimum absolute atomic E-state index is 0.649. The average molecular weight is 671 g/mol. The van der Waals surface area contributed by atoms with E-state index < -0.39 is 0 Å². The van der Waals surface area contributed by atoms with Gasteiger partial charge in [0.2, 0.25) is 0 Å². The topological polar surface area (TPSA) is 51.6 Å². The summed E-state index contributed by atoms with van der Waals surface area (Å²) < 4.78 is 0. The van der Waals surface area contributed by atoms with Gasteiger partial charge in [0.25, 0.3) is 0 Å². The first-order valence-electron chi connectivity index (χ1n) is 16.9. The highest BCUT2D eigenvalue weighted by atomic mass is 32.2. The standard InChI is InChI=1S/C46H30N4S/c1-3-14-33(15-4-1)45-47-29-36(30-48-45)42-28-41(49-46(50-42)34-16-5-2-6-17-34)35-26-25-32-24-23-31-13-7-8-18-37(31)38-19-9-11-21-43(38)51-44-22-12-10-20-39(44)40(32)27-35/h1-30H. The van der Waals surface area contributed by atoms with Gasteiger partial charge in [-0.2, -0.15) is 0 Å². The third-order valence-electron chi connectivity index (χ3n) is 9.06. The van der Waals surface area contributed by atoms with E-state index in [2.05, 4.69) is 103 Å². The van der Waals surface area contributed by atoms with Crippen LogP contribution in [0.4, 0.5) is 0 Å². The highest BCUT2D eigenvalue weighted by molar-refractivity contribution is 7.99. The fourth-order valence-corrected chi connectivity index (χ4v) is 7.60. The van der Waals surface area contributed by atoms with E-state index in [1.54, 1.807) is 0 Å². The van der Waals surface area contributed by atoms with Crippen molar-refractivity contribution >= 4 is 23.9 Å². The highest BCUT2D eigenvalue weighted by Crippen LogP contribution is 2.44. The van der Waals surface area contributed by atoms with Crippen molar-refractivity contribution in [2.45, 2.75) is 9.79 Å². The van der Waals surface area contributed by atoms with Crippen LogP contribution < -0.4 is 0 Å². The molecule has 0 saturated heterocycles. The zero-order chi connectivity index (χ0) is 34.0. The molecule has 3 heterocycles. The van der Waals surface area contributed by atoms with Crippen molar-refractivity contribution < 1.29 is 0 Å². The van der Waals surface area contributed by atoms with Crippen molar-refractivity contribution in [1.82, 2.24) is 19.9 Å². The lowest BCUT2D eigenvalue weighted by Crippen LogP contribution is -1.98. The average Bonchev–Trinajstić information content (AvgIpc) is 3.23. The zero-order valence-electron chi connectivity index (χ0n) is 27.5. The van der Waals surface area contributed by atoms with Gasteiger partial charge in [-0.3, -0.25) is 0 Å². The first-order chi connectivity index (χ1) is 25.3. The number of fused-ring (bicyclic) bond motifs is 6. The normalized spacial score (nSPS) is 11.8. The summed E-state index contributed by atoms with van der Waals surface area (Å²) in [7, 11) is 0. The summed E-state index contributed by atoms with van der Waals surface area (Å²) in [4.78, 5) is 22.0. The Bertz CT molecular complexity index is 2550. The van der Waals surface area contributed by atoms with Crippen molar-refractivity contribution in [3.8, 4) is 67.5 Å². The molecule has 0 aliphatic carbocycles. The second kappa shape index (κ2) is 13.5. The fourth-order valence-electron chi connectivity index (χ4n) is 6.49. The number of benzene rings is 6. The van der Waals surface area contributed by atoms with Gasteiger partial charge >= 0.3 is 0 Å². The summed E-state index contributed by atoms with van der Waals surface area (Å²) in [5.74, 6) is 1.33. The first-order valence-corrected chi connectivity index (χ1v) is 17.7. The summed E-state index contributed by atoms with van der Waals surface area (Å²) in [5.41, 5.74) is 12.4. The SMILES string of the molecule is C1=Cc2ccc(-c3cc(-c4cnc(-c5ccccc5)nc4)nc(-c4ccccc4)n3)cc2-c2ccccc2Sc2ccccc2-c2ccccc21. The van der Waals surface area contributed by atoms with Gasteiger partial charge in [0.1, 0.15) is 0 Å². The van der Waals surface area contributed by atoms with Crippen LogP contribution >= 0.6 is 11.8 Å². The van der Waals surface area contributed by atoms with Crippen LogP contribution in [0.15, 0.2) is 180 Å². The van der Waals surface area contributed by atoms with Crippen molar-refractivity contribution in [3.63, 3.8) is 0 Å². The van der Waals surface area contributed by atoms with Crippen molar-refractivity contribution in [3.05, 3.63) is 181 Å². The molecule has 6 aromatic carbocycles. The molecule has 0 saturated carbocycles. The van der Waals surface area contributed by atoms with E-state index in [1.807, 2.05) is 90.9 Å². The van der Waals surface area contributed by atoms with Gasteiger partial charge in [0.15, 0.2) is 11.6 Å². The number of nitrogens with zero attached hydrogens (tertiary/aromatic N) is 4. The summed E-state index contributed by atoms with van der Waals surface area (Å²) in [5, 5.41) is 0. The summed E-state index contributed by atoms with van der Waals surface area (Å²) in [6.07, 6.45) is 8.17. The molecular weight excluding hydrogens is 641 g/mol. The van der Waals surface area contributed by atoms with E-state index in [-0.39, 0.29) is 0 Å². The van der Waals surface area contributed by atoms with Gasteiger partial charge in [-0.15, -0.1) is 0 Å². The Morgan fingerprint density at radius 2 is 0.863 bits per heavy atom. The number of hydrogen-bond donors (Lipinski definition) is 0. The molecule has 1 aliphatic rings. The summed E-state index contributed by atoms with van der Waals surface area (Å²) in [6, 6.07) is 54.8. The van der Waals surface area contributed by atoms with E-state index in [0.717, 1.165) is 44.8 Å². The van der Waals surface area contributed by atoms with Crippen LogP contribution in [0.25, 0.3) is 79.7 Å². The molecule has 0 amide bonds. The largest absolute Gasteiger partial charge is 0.236 e. The third-order valence-corrected chi connectivity index (χ3v) is 10.2. The molecular formula is C46H30N4S. The van der Waals surface area contributed by atoms with Crippen molar-refractivity contribution in [2.24, 2.45) is 0 Å². The van der Waals surface area contributed by atoms with Gasteiger partial charge in [-0.25, -0.2) is 19.9 Å². The Labute approximate surface area is 301 Å². The Hall–Kier alpha value is -6.43. The summed E-state index contributed by atoms with van der Waals surface area (Å²) >= 11 is 1.81. The maximum absolute atomic E-state index is 5.14. The molecule has 0 unspecified atom stereocenters. The van der Waals surface area contributed by atoms with Crippen molar-refractivity contribution in [2.75, 3.05) is 0 Å². The minimum atomic E-state index is 0.649. The molecule has 8 aromatic rings. The maximum atomic E-state index is 5.14. The van der Waals surface area contributed by atoms with Crippen molar-refractivity contribution in [1.29, 1.82) is 0 Å². The first kappa shape index (κ1) is 30.6. The molecule has 1 aliphatic heterocycles. The molecule has 0 spiro atoms.